The van der Waals surface area contributed by atoms with Crippen LogP contribution in [-0.4, -0.2) is 43.4 Å². The van der Waals surface area contributed by atoms with Gasteiger partial charge < -0.3 is 19.9 Å². The highest BCUT2D eigenvalue weighted by atomic mass is 16.5. The molecule has 2 heterocycles. The molecule has 0 spiro atoms. The highest BCUT2D eigenvalue weighted by Crippen LogP contribution is 2.10. The minimum absolute atomic E-state index is 0.341. The maximum atomic E-state index is 5.56. The van der Waals surface area contributed by atoms with Crippen LogP contribution in [0.3, 0.4) is 0 Å². The molecule has 0 saturated carbocycles. The number of hydrogen-bond acceptors (Lipinski definition) is 2. The van der Waals surface area contributed by atoms with Crippen LogP contribution >= 0.6 is 0 Å². The van der Waals surface area contributed by atoms with Gasteiger partial charge in [-0.15, -0.1) is 0 Å². The number of rotatable bonds is 5. The van der Waals surface area contributed by atoms with Crippen LogP contribution in [0.4, 0.5) is 0 Å². The average molecular weight is 250 g/mol. The van der Waals surface area contributed by atoms with Crippen LogP contribution in [0.15, 0.2) is 29.5 Å². The lowest BCUT2D eigenvalue weighted by Gasteiger charge is -2.15. The highest BCUT2D eigenvalue weighted by molar-refractivity contribution is 5.79. The van der Waals surface area contributed by atoms with Crippen molar-refractivity contribution in [3.05, 3.63) is 24.5 Å². The Balaban J connectivity index is 1.62. The van der Waals surface area contributed by atoms with E-state index < -0.39 is 0 Å². The van der Waals surface area contributed by atoms with Gasteiger partial charge in [-0.05, 0) is 25.0 Å². The third-order valence-electron chi connectivity index (χ3n) is 3.07. The number of hydrogen-bond donors (Lipinski definition) is 2. The second kappa shape index (κ2) is 7.06. The topological polar surface area (TPSA) is 50.6 Å². The molecule has 0 radical (unpaired) electrons. The van der Waals surface area contributed by atoms with E-state index in [2.05, 4.69) is 32.6 Å². The van der Waals surface area contributed by atoms with Gasteiger partial charge in [0.15, 0.2) is 5.96 Å². The van der Waals surface area contributed by atoms with Crippen molar-refractivity contribution in [3.8, 4) is 0 Å². The van der Waals surface area contributed by atoms with Crippen LogP contribution in [0, 0.1) is 0 Å². The van der Waals surface area contributed by atoms with Gasteiger partial charge in [0.1, 0.15) is 0 Å². The fourth-order valence-corrected chi connectivity index (χ4v) is 2.06. The van der Waals surface area contributed by atoms with Gasteiger partial charge in [0.2, 0.25) is 0 Å². The van der Waals surface area contributed by atoms with Gasteiger partial charge in [-0.25, -0.2) is 0 Å². The molecule has 1 aliphatic rings. The first-order valence-electron chi connectivity index (χ1n) is 6.55. The third-order valence-corrected chi connectivity index (χ3v) is 3.07. The summed E-state index contributed by atoms with van der Waals surface area (Å²) in [6, 6.07) is 4.06. The summed E-state index contributed by atoms with van der Waals surface area (Å²) in [5.74, 6) is 0.845. The minimum Gasteiger partial charge on any atom is -0.376 e. The first kappa shape index (κ1) is 13.0. The Morgan fingerprint density at radius 1 is 1.39 bits per heavy atom. The maximum absolute atomic E-state index is 5.56. The summed E-state index contributed by atoms with van der Waals surface area (Å²) in [4.78, 5) is 4.20. The molecule has 2 N–H and O–H groups in total. The summed E-state index contributed by atoms with van der Waals surface area (Å²) in [7, 11) is 1.79. The number of aromatic nitrogens is 1. The predicted molar refractivity (Wildman–Crippen MR) is 72.8 cm³/mol. The highest BCUT2D eigenvalue weighted by Gasteiger charge is 2.15. The van der Waals surface area contributed by atoms with Crippen molar-refractivity contribution in [1.29, 1.82) is 0 Å². The Hall–Kier alpha value is -1.49. The second-order valence-corrected chi connectivity index (χ2v) is 4.44. The van der Waals surface area contributed by atoms with Crippen LogP contribution in [0.1, 0.15) is 12.8 Å². The molecule has 1 atom stereocenters. The van der Waals surface area contributed by atoms with Gasteiger partial charge in [-0.1, -0.05) is 0 Å². The van der Waals surface area contributed by atoms with Gasteiger partial charge in [0, 0.05) is 45.7 Å². The fraction of sp³-hybridized carbons (Fsp3) is 0.615. The molecule has 1 saturated heterocycles. The smallest absolute Gasteiger partial charge is 0.191 e. The molecule has 0 aliphatic carbocycles. The van der Waals surface area contributed by atoms with Crippen LogP contribution < -0.4 is 10.6 Å². The van der Waals surface area contributed by atoms with E-state index >= 15 is 0 Å². The van der Waals surface area contributed by atoms with E-state index in [1.54, 1.807) is 7.05 Å². The van der Waals surface area contributed by atoms with Crippen LogP contribution in [0.5, 0.6) is 0 Å². The Morgan fingerprint density at radius 2 is 2.22 bits per heavy atom. The summed E-state index contributed by atoms with van der Waals surface area (Å²) < 4.78 is 7.70. The quantitative estimate of drug-likeness (QED) is 0.601. The summed E-state index contributed by atoms with van der Waals surface area (Å²) in [5, 5.41) is 6.59. The molecule has 1 aromatic heterocycles. The first-order valence-corrected chi connectivity index (χ1v) is 6.55. The van der Waals surface area contributed by atoms with Crippen molar-refractivity contribution in [2.45, 2.75) is 25.5 Å². The Morgan fingerprint density at radius 3 is 2.89 bits per heavy atom. The van der Waals surface area contributed by atoms with Crippen LogP contribution in [0.25, 0.3) is 0 Å². The van der Waals surface area contributed by atoms with Gasteiger partial charge >= 0.3 is 0 Å². The number of nitrogens with one attached hydrogen (secondary N) is 2. The molecule has 1 aromatic rings. The molecule has 1 fully saturated rings. The molecule has 0 bridgehead atoms. The van der Waals surface area contributed by atoms with Gasteiger partial charge in [0.25, 0.3) is 0 Å². The number of guanidine groups is 1. The molecule has 2 rings (SSSR count). The Kier molecular flexibility index (Phi) is 5.08. The number of ether oxygens (including phenoxy) is 1. The number of nitrogens with zero attached hydrogens (tertiary/aromatic N) is 2. The first-order chi connectivity index (χ1) is 8.88. The molecular weight excluding hydrogens is 228 g/mol. The van der Waals surface area contributed by atoms with E-state index in [1.165, 1.54) is 6.42 Å². The fourth-order valence-electron chi connectivity index (χ4n) is 2.06. The number of aliphatic imine (C=N–C) groups is 1. The SMILES string of the molecule is CN=C(NCCn1cccc1)NCC1CCCO1. The maximum Gasteiger partial charge on any atom is 0.191 e. The van der Waals surface area contributed by atoms with Gasteiger partial charge in [-0.3, -0.25) is 4.99 Å². The summed E-state index contributed by atoms with van der Waals surface area (Å²) in [5.41, 5.74) is 0. The van der Waals surface area contributed by atoms with E-state index in [-0.39, 0.29) is 0 Å². The zero-order valence-corrected chi connectivity index (χ0v) is 10.9. The predicted octanol–water partition coefficient (Wildman–Crippen LogP) is 0.832. The van der Waals surface area contributed by atoms with E-state index in [0.717, 1.165) is 38.6 Å². The van der Waals surface area contributed by atoms with Crippen molar-refractivity contribution < 1.29 is 4.74 Å². The largest absolute Gasteiger partial charge is 0.376 e. The van der Waals surface area contributed by atoms with E-state index in [4.69, 9.17) is 4.74 Å². The Bertz CT molecular complexity index is 355. The molecule has 5 heteroatoms. The summed E-state index contributed by atoms with van der Waals surface area (Å²) >= 11 is 0. The van der Waals surface area contributed by atoms with Crippen molar-refractivity contribution in [3.63, 3.8) is 0 Å². The van der Waals surface area contributed by atoms with Crippen molar-refractivity contribution >= 4 is 5.96 Å². The molecule has 5 nitrogen and oxygen atoms in total. The lowest BCUT2D eigenvalue weighted by molar-refractivity contribution is 0.114. The van der Waals surface area contributed by atoms with Crippen molar-refractivity contribution in [2.75, 3.05) is 26.7 Å². The molecule has 0 aromatic carbocycles. The Labute approximate surface area is 108 Å². The molecular formula is C13H22N4O. The monoisotopic (exact) mass is 250 g/mol. The van der Waals surface area contributed by atoms with Gasteiger partial charge in [0.05, 0.1) is 6.10 Å². The standard InChI is InChI=1S/C13H22N4O/c1-14-13(16-11-12-5-4-10-18-12)15-6-9-17-7-2-3-8-17/h2-3,7-8,12H,4-6,9-11H2,1H3,(H2,14,15,16). The lowest BCUT2D eigenvalue weighted by atomic mass is 10.2. The molecule has 0 amide bonds. The molecule has 1 aliphatic heterocycles. The van der Waals surface area contributed by atoms with E-state index in [9.17, 15) is 0 Å². The zero-order chi connectivity index (χ0) is 12.6. The molecule has 18 heavy (non-hydrogen) atoms. The second-order valence-electron chi connectivity index (χ2n) is 4.44. The average Bonchev–Trinajstić information content (AvgIpc) is 3.06. The van der Waals surface area contributed by atoms with E-state index in [1.807, 2.05) is 12.1 Å². The van der Waals surface area contributed by atoms with Crippen molar-refractivity contribution in [1.82, 2.24) is 15.2 Å². The van der Waals surface area contributed by atoms with Crippen LogP contribution in [0.2, 0.25) is 0 Å². The normalized spacial score (nSPS) is 20.1. The minimum atomic E-state index is 0.341. The summed E-state index contributed by atoms with van der Waals surface area (Å²) in [6.45, 7) is 3.53. The molecule has 1 unspecified atom stereocenters. The molecule has 100 valence electrons. The third kappa shape index (κ3) is 4.07. The lowest BCUT2D eigenvalue weighted by Crippen LogP contribution is -2.42. The van der Waals surface area contributed by atoms with Crippen LogP contribution in [-0.2, 0) is 11.3 Å². The zero-order valence-electron chi connectivity index (χ0n) is 10.9. The van der Waals surface area contributed by atoms with Gasteiger partial charge in [-0.2, -0.15) is 0 Å². The van der Waals surface area contributed by atoms with Crippen molar-refractivity contribution in [2.24, 2.45) is 4.99 Å². The van der Waals surface area contributed by atoms with E-state index in [0.29, 0.717) is 6.10 Å². The summed E-state index contributed by atoms with van der Waals surface area (Å²) in [6.07, 6.45) is 6.78.